The van der Waals surface area contributed by atoms with Crippen molar-refractivity contribution in [2.24, 2.45) is 0 Å². The highest BCUT2D eigenvalue weighted by Crippen LogP contribution is 2.17. The number of nitro groups is 1. The van der Waals surface area contributed by atoms with Crippen LogP contribution in [0.2, 0.25) is 0 Å². The van der Waals surface area contributed by atoms with Gasteiger partial charge in [0.2, 0.25) is 0 Å². The molecule has 0 saturated carbocycles. The molecule has 0 N–H and O–H groups in total. The average Bonchev–Trinajstić information content (AvgIpc) is 2.27. The van der Waals surface area contributed by atoms with E-state index in [9.17, 15) is 14.9 Å². The van der Waals surface area contributed by atoms with Gasteiger partial charge in [-0.2, -0.15) is 0 Å². The molecule has 0 aromatic carbocycles. The molecular formula is C8H7BrN2O4. The van der Waals surface area contributed by atoms with Crippen LogP contribution in [0.1, 0.15) is 16.1 Å². The number of nitrogens with zero attached hydrogens (tertiary/aromatic N) is 2. The van der Waals surface area contributed by atoms with Crippen molar-refractivity contribution in [3.63, 3.8) is 0 Å². The predicted octanol–water partition coefficient (Wildman–Crippen LogP) is 1.67. The van der Waals surface area contributed by atoms with Crippen molar-refractivity contribution in [2.45, 2.75) is 5.33 Å². The van der Waals surface area contributed by atoms with E-state index in [1.54, 1.807) is 0 Å². The topological polar surface area (TPSA) is 82.3 Å². The third kappa shape index (κ3) is 2.50. The van der Waals surface area contributed by atoms with Gasteiger partial charge < -0.3 is 4.74 Å². The number of carbonyl (C=O) groups excluding carboxylic acids is 1. The van der Waals surface area contributed by atoms with Gasteiger partial charge in [-0.05, 0) is 0 Å². The van der Waals surface area contributed by atoms with Crippen LogP contribution in [0, 0.1) is 10.1 Å². The normalized spacial score (nSPS) is 9.73. The molecule has 0 unspecified atom stereocenters. The van der Waals surface area contributed by atoms with Gasteiger partial charge in [0.05, 0.1) is 23.3 Å². The number of carbonyl (C=O) groups is 1. The molecule has 7 heteroatoms. The van der Waals surface area contributed by atoms with Gasteiger partial charge in [0, 0.05) is 11.4 Å². The standard InChI is InChI=1S/C8H7BrN2O4/c1-15-8(12)6-2-5(11(13)14)4-10-7(6)3-9/h2,4H,3H2,1H3. The number of rotatable bonds is 3. The number of alkyl halides is 1. The smallest absolute Gasteiger partial charge is 0.340 e. The van der Waals surface area contributed by atoms with E-state index in [4.69, 9.17) is 0 Å². The van der Waals surface area contributed by atoms with Gasteiger partial charge in [-0.15, -0.1) is 0 Å². The number of aromatic nitrogens is 1. The Morgan fingerprint density at radius 1 is 1.73 bits per heavy atom. The number of esters is 1. The minimum atomic E-state index is -0.638. The lowest BCUT2D eigenvalue weighted by Gasteiger charge is -2.03. The van der Waals surface area contributed by atoms with Crippen LogP contribution in [-0.2, 0) is 10.1 Å². The summed E-state index contributed by atoms with van der Waals surface area (Å²) in [6.45, 7) is 0. The molecule has 80 valence electrons. The fraction of sp³-hybridized carbons (Fsp3) is 0.250. The minimum Gasteiger partial charge on any atom is -0.465 e. The Morgan fingerprint density at radius 2 is 2.40 bits per heavy atom. The van der Waals surface area contributed by atoms with Crippen molar-refractivity contribution in [1.82, 2.24) is 4.98 Å². The first kappa shape index (κ1) is 11.6. The van der Waals surface area contributed by atoms with E-state index in [1.807, 2.05) is 0 Å². The molecule has 6 nitrogen and oxygen atoms in total. The fourth-order valence-corrected chi connectivity index (χ4v) is 1.42. The van der Waals surface area contributed by atoms with Gasteiger partial charge in [-0.3, -0.25) is 15.1 Å². The van der Waals surface area contributed by atoms with Gasteiger partial charge in [0.15, 0.2) is 0 Å². The Labute approximate surface area is 93.5 Å². The molecule has 0 fully saturated rings. The van der Waals surface area contributed by atoms with Crippen molar-refractivity contribution in [1.29, 1.82) is 0 Å². The summed E-state index contributed by atoms with van der Waals surface area (Å²) in [5.74, 6) is -0.638. The van der Waals surface area contributed by atoms with E-state index in [1.165, 1.54) is 7.11 Å². The lowest BCUT2D eigenvalue weighted by atomic mass is 10.2. The number of hydrogen-bond donors (Lipinski definition) is 0. The Kier molecular flexibility index (Phi) is 3.73. The van der Waals surface area contributed by atoms with Crippen LogP contribution in [0.15, 0.2) is 12.3 Å². The largest absolute Gasteiger partial charge is 0.465 e. The highest BCUT2D eigenvalue weighted by Gasteiger charge is 2.17. The minimum absolute atomic E-state index is 0.101. The molecule has 1 aromatic heterocycles. The molecule has 0 aliphatic carbocycles. The summed E-state index contributed by atoms with van der Waals surface area (Å²) in [5, 5.41) is 10.8. The third-order valence-electron chi connectivity index (χ3n) is 1.70. The van der Waals surface area contributed by atoms with Crippen LogP contribution >= 0.6 is 15.9 Å². The van der Waals surface area contributed by atoms with Crippen molar-refractivity contribution >= 4 is 27.6 Å². The van der Waals surface area contributed by atoms with Crippen LogP contribution in [0.4, 0.5) is 5.69 Å². The number of pyridine rings is 1. The van der Waals surface area contributed by atoms with Crippen LogP contribution < -0.4 is 0 Å². The first-order chi connectivity index (χ1) is 7.10. The maximum atomic E-state index is 11.3. The fourth-order valence-electron chi connectivity index (χ4n) is 0.975. The van der Waals surface area contributed by atoms with Gasteiger partial charge in [-0.25, -0.2) is 4.79 Å². The molecule has 0 saturated heterocycles. The predicted molar refractivity (Wildman–Crippen MR) is 54.9 cm³/mol. The molecule has 0 atom stereocenters. The van der Waals surface area contributed by atoms with E-state index in [0.29, 0.717) is 11.0 Å². The quantitative estimate of drug-likeness (QED) is 0.362. The second-order valence-electron chi connectivity index (χ2n) is 2.57. The first-order valence-corrected chi connectivity index (χ1v) is 5.00. The Bertz CT molecular complexity index is 408. The SMILES string of the molecule is COC(=O)c1cc([N+](=O)[O-])cnc1CBr. The van der Waals surface area contributed by atoms with E-state index in [-0.39, 0.29) is 11.3 Å². The molecule has 1 rings (SSSR count). The van der Waals surface area contributed by atoms with Crippen molar-refractivity contribution in [2.75, 3.05) is 7.11 Å². The van der Waals surface area contributed by atoms with Crippen LogP contribution in [-0.4, -0.2) is 23.0 Å². The highest BCUT2D eigenvalue weighted by atomic mass is 79.9. The summed E-state index contributed by atoms with van der Waals surface area (Å²) in [5.41, 5.74) is 0.274. The average molecular weight is 275 g/mol. The number of hydrogen-bond acceptors (Lipinski definition) is 5. The molecule has 0 radical (unpaired) electrons. The zero-order valence-electron chi connectivity index (χ0n) is 7.77. The van der Waals surface area contributed by atoms with E-state index in [0.717, 1.165) is 12.3 Å². The van der Waals surface area contributed by atoms with E-state index >= 15 is 0 Å². The zero-order chi connectivity index (χ0) is 11.4. The van der Waals surface area contributed by atoms with Crippen molar-refractivity contribution < 1.29 is 14.5 Å². The number of ether oxygens (including phenoxy) is 1. The monoisotopic (exact) mass is 274 g/mol. The lowest BCUT2D eigenvalue weighted by Crippen LogP contribution is -2.07. The summed E-state index contributed by atoms with van der Waals surface area (Å²) < 4.78 is 4.49. The first-order valence-electron chi connectivity index (χ1n) is 3.87. The van der Waals surface area contributed by atoms with Gasteiger partial charge >= 0.3 is 5.97 Å². The molecule has 0 bridgehead atoms. The Hall–Kier alpha value is -1.50. The molecule has 0 spiro atoms. The van der Waals surface area contributed by atoms with Gasteiger partial charge in [0.1, 0.15) is 6.20 Å². The maximum absolute atomic E-state index is 11.3. The molecule has 0 amide bonds. The maximum Gasteiger partial charge on any atom is 0.340 e. The molecular weight excluding hydrogens is 268 g/mol. The van der Waals surface area contributed by atoms with Crippen LogP contribution in [0.5, 0.6) is 0 Å². The lowest BCUT2D eigenvalue weighted by molar-refractivity contribution is -0.385. The van der Waals surface area contributed by atoms with Crippen LogP contribution in [0.3, 0.4) is 0 Å². The summed E-state index contributed by atoms with van der Waals surface area (Å²) >= 11 is 3.13. The summed E-state index contributed by atoms with van der Waals surface area (Å²) in [6.07, 6.45) is 1.10. The van der Waals surface area contributed by atoms with E-state index in [2.05, 4.69) is 25.7 Å². The second-order valence-corrected chi connectivity index (χ2v) is 3.13. The van der Waals surface area contributed by atoms with Crippen molar-refractivity contribution in [3.05, 3.63) is 33.6 Å². The third-order valence-corrected chi connectivity index (χ3v) is 2.23. The highest BCUT2D eigenvalue weighted by molar-refractivity contribution is 9.08. The molecule has 1 heterocycles. The zero-order valence-corrected chi connectivity index (χ0v) is 9.35. The Balaban J connectivity index is 3.25. The Morgan fingerprint density at radius 3 is 2.87 bits per heavy atom. The summed E-state index contributed by atoms with van der Waals surface area (Å²) in [4.78, 5) is 24.9. The van der Waals surface area contributed by atoms with Gasteiger partial charge in [-0.1, -0.05) is 15.9 Å². The molecule has 0 aliphatic rings. The van der Waals surface area contributed by atoms with E-state index < -0.39 is 10.9 Å². The summed E-state index contributed by atoms with van der Waals surface area (Å²) in [7, 11) is 1.21. The molecule has 1 aromatic rings. The number of methoxy groups -OCH3 is 1. The number of halogens is 1. The second kappa shape index (κ2) is 4.83. The van der Waals surface area contributed by atoms with Crippen LogP contribution in [0.25, 0.3) is 0 Å². The van der Waals surface area contributed by atoms with Crippen molar-refractivity contribution in [3.8, 4) is 0 Å². The van der Waals surface area contributed by atoms with Gasteiger partial charge in [0.25, 0.3) is 5.69 Å². The molecule has 15 heavy (non-hydrogen) atoms. The summed E-state index contributed by atoms with van der Waals surface area (Å²) in [6, 6.07) is 1.15. The molecule has 0 aliphatic heterocycles.